The largest absolute Gasteiger partial charge is 4.00 e. The molecule has 0 aliphatic carbocycles. The van der Waals surface area contributed by atoms with Crippen LogP contribution < -0.4 is 0 Å². The molecule has 0 nitrogen and oxygen atoms in total. The summed E-state index contributed by atoms with van der Waals surface area (Å²) in [4.78, 5) is 0. The molecule has 0 bridgehead atoms. The third kappa shape index (κ3) is 10.2. The summed E-state index contributed by atoms with van der Waals surface area (Å²) in [7, 11) is 0. The van der Waals surface area contributed by atoms with Crippen LogP contribution in [0.3, 0.4) is 0 Å². The van der Waals surface area contributed by atoms with Crippen molar-refractivity contribution in [2.45, 2.75) is 0 Å². The van der Waals surface area contributed by atoms with Crippen LogP contribution in [0.1, 0.15) is 0 Å². The molecule has 0 radical (unpaired) electrons. The minimum atomic E-state index is -1.83. The van der Waals surface area contributed by atoms with Crippen LogP contribution >= 0.6 is 0 Å². The summed E-state index contributed by atoms with van der Waals surface area (Å²) in [6.45, 7) is 0. The Hall–Kier alpha value is -2.71. The molecular weight excluding hydrogens is 464 g/mol. The third-order valence-electron chi connectivity index (χ3n) is 2.95. The fourth-order valence-electron chi connectivity index (χ4n) is 1.55. The molecule has 160 valence electrons. The molecule has 0 aliphatic rings. The minimum Gasteiger partial charge on any atom is -0.281 e. The maximum atomic E-state index is 12.0. The summed E-state index contributed by atoms with van der Waals surface area (Å²) in [5.74, 6) is -13.2. The molecule has 4 aromatic rings. The van der Waals surface area contributed by atoms with Crippen molar-refractivity contribution in [2.75, 3.05) is 0 Å². The zero-order valence-electron chi connectivity index (χ0n) is 15.5. The molecule has 0 unspecified atom stereocenters. The van der Waals surface area contributed by atoms with Gasteiger partial charge in [0.15, 0.2) is 0 Å². The number of hydrogen-bond acceptors (Lipinski definition) is 0. The normalized spacial score (nSPS) is 9.03. The SMILES string of the molecule is Fc1[c-]cc(F)c(F)c1F.Fc1[c-]cc(F)c(F)c1F.[Ti+4].c1cc[cH-]c1.c1cc[cH-]c1. The average Bonchev–Trinajstić information content (AvgIpc) is 3.50. The van der Waals surface area contributed by atoms with E-state index in [9.17, 15) is 35.1 Å². The van der Waals surface area contributed by atoms with Gasteiger partial charge in [0.05, 0.1) is 23.3 Å². The second-order valence-electron chi connectivity index (χ2n) is 5.08. The first-order valence-electron chi connectivity index (χ1n) is 8.00. The van der Waals surface area contributed by atoms with E-state index in [0.717, 1.165) is 0 Å². The Balaban J connectivity index is 0.000000401. The standard InChI is InChI=1S/2C6HF4.2C5H5.Ti/c2*7-3-1-2-4(8)6(10)5(3)9;2*1-2-4-5-3-1;/h2*1H;2*1-5H;/q4*-1;+4. The average molecular weight is 476 g/mol. The van der Waals surface area contributed by atoms with Crippen LogP contribution in [0.25, 0.3) is 0 Å². The summed E-state index contributed by atoms with van der Waals surface area (Å²) in [6.07, 6.45) is 0. The molecule has 0 spiro atoms. The predicted molar refractivity (Wildman–Crippen MR) is 94.3 cm³/mol. The molecule has 0 heterocycles. The van der Waals surface area contributed by atoms with Gasteiger partial charge in [0.1, 0.15) is 0 Å². The summed E-state index contributed by atoms with van der Waals surface area (Å²) >= 11 is 0. The Morgan fingerprint density at radius 2 is 0.774 bits per heavy atom. The van der Waals surface area contributed by atoms with Crippen molar-refractivity contribution < 1.29 is 56.8 Å². The van der Waals surface area contributed by atoms with E-state index in [2.05, 4.69) is 0 Å². The molecule has 0 amide bonds. The van der Waals surface area contributed by atoms with Crippen molar-refractivity contribution >= 4 is 0 Å². The minimum absolute atomic E-state index is 0. The molecule has 0 N–H and O–H groups in total. The predicted octanol–water partition coefficient (Wildman–Crippen LogP) is 6.89. The van der Waals surface area contributed by atoms with Gasteiger partial charge in [0, 0.05) is 23.3 Å². The van der Waals surface area contributed by atoms with Gasteiger partial charge >= 0.3 is 21.7 Å². The van der Waals surface area contributed by atoms with E-state index in [1.807, 2.05) is 60.7 Å². The van der Waals surface area contributed by atoms with Crippen molar-refractivity contribution in [1.82, 2.24) is 0 Å². The van der Waals surface area contributed by atoms with E-state index < -0.39 is 46.5 Å². The van der Waals surface area contributed by atoms with Gasteiger partial charge in [-0.3, -0.25) is 17.6 Å². The molecule has 4 aromatic carbocycles. The van der Waals surface area contributed by atoms with Crippen LogP contribution in [0.15, 0.2) is 72.8 Å². The Morgan fingerprint density at radius 3 is 0.968 bits per heavy atom. The fourth-order valence-corrected chi connectivity index (χ4v) is 1.55. The van der Waals surface area contributed by atoms with Gasteiger partial charge in [-0.25, -0.2) is 41.8 Å². The molecule has 0 saturated carbocycles. The molecule has 0 saturated heterocycles. The smallest absolute Gasteiger partial charge is 0.281 e. The van der Waals surface area contributed by atoms with Crippen LogP contribution in [-0.2, 0) is 21.7 Å². The van der Waals surface area contributed by atoms with Gasteiger partial charge < -0.3 is 0 Å². The monoisotopic (exact) mass is 476 g/mol. The van der Waals surface area contributed by atoms with Crippen LogP contribution in [0.4, 0.5) is 35.1 Å². The number of halogens is 8. The molecule has 0 aromatic heterocycles. The van der Waals surface area contributed by atoms with Gasteiger partial charge in [-0.2, -0.15) is 36.4 Å². The van der Waals surface area contributed by atoms with Crippen LogP contribution in [0.5, 0.6) is 0 Å². The van der Waals surface area contributed by atoms with Crippen molar-refractivity contribution in [1.29, 1.82) is 0 Å². The van der Waals surface area contributed by atoms with E-state index in [1.165, 1.54) is 0 Å². The molecule has 4 rings (SSSR count). The van der Waals surface area contributed by atoms with E-state index in [0.29, 0.717) is 12.1 Å². The zero-order chi connectivity index (χ0) is 22.5. The van der Waals surface area contributed by atoms with E-state index >= 15 is 0 Å². The maximum Gasteiger partial charge on any atom is 4.00 e. The number of hydrogen-bond donors (Lipinski definition) is 0. The zero-order valence-corrected chi connectivity index (χ0v) is 17.0. The summed E-state index contributed by atoms with van der Waals surface area (Å²) < 4.78 is 95.6. The van der Waals surface area contributed by atoms with Crippen LogP contribution in [-0.4, -0.2) is 0 Å². The molecule has 0 fully saturated rings. The Morgan fingerprint density at radius 1 is 0.484 bits per heavy atom. The maximum absolute atomic E-state index is 12.0. The summed E-state index contributed by atoms with van der Waals surface area (Å²) in [5, 5.41) is 0. The van der Waals surface area contributed by atoms with Crippen LogP contribution in [0, 0.1) is 58.7 Å². The van der Waals surface area contributed by atoms with Gasteiger partial charge in [-0.15, -0.1) is 24.3 Å². The van der Waals surface area contributed by atoms with Crippen molar-refractivity contribution in [3.63, 3.8) is 0 Å². The second kappa shape index (κ2) is 15.1. The quantitative estimate of drug-likeness (QED) is 0.0853. The Labute approximate surface area is 188 Å². The number of rotatable bonds is 0. The fraction of sp³-hybridized carbons (Fsp3) is 0. The molecular formula is C22H12F8Ti. The molecule has 9 heteroatoms. The summed E-state index contributed by atoms with van der Waals surface area (Å²) in [6, 6.07) is 23.9. The van der Waals surface area contributed by atoms with Crippen molar-refractivity contribution in [2.24, 2.45) is 0 Å². The Bertz CT molecular complexity index is 813. The topological polar surface area (TPSA) is 0 Å². The first-order chi connectivity index (χ1) is 14.3. The van der Waals surface area contributed by atoms with Gasteiger partial charge in [-0.05, 0) is 0 Å². The number of benzene rings is 2. The molecule has 31 heavy (non-hydrogen) atoms. The first kappa shape index (κ1) is 28.3. The van der Waals surface area contributed by atoms with E-state index in [-0.39, 0.29) is 21.7 Å². The second-order valence-corrected chi connectivity index (χ2v) is 5.08. The molecule has 0 atom stereocenters. The third-order valence-corrected chi connectivity index (χ3v) is 2.95. The first-order valence-corrected chi connectivity index (χ1v) is 8.00. The van der Waals surface area contributed by atoms with E-state index in [4.69, 9.17) is 0 Å². The molecule has 0 aliphatic heterocycles. The van der Waals surface area contributed by atoms with E-state index in [1.54, 1.807) is 12.1 Å². The van der Waals surface area contributed by atoms with Gasteiger partial charge in [0.25, 0.3) is 0 Å². The Kier molecular flexibility index (Phi) is 13.8. The summed E-state index contributed by atoms with van der Waals surface area (Å²) in [5.41, 5.74) is 0. The van der Waals surface area contributed by atoms with Crippen LogP contribution in [0.2, 0.25) is 0 Å². The van der Waals surface area contributed by atoms with Crippen molar-refractivity contribution in [3.05, 3.63) is 131 Å². The van der Waals surface area contributed by atoms with Gasteiger partial charge in [-0.1, -0.05) is 0 Å². The van der Waals surface area contributed by atoms with Crippen molar-refractivity contribution in [3.8, 4) is 0 Å². The van der Waals surface area contributed by atoms with Gasteiger partial charge in [0.2, 0.25) is 0 Å².